The first-order chi connectivity index (χ1) is 7.82. The van der Waals surface area contributed by atoms with Crippen molar-refractivity contribution >= 4 is 33.2 Å². The summed E-state index contributed by atoms with van der Waals surface area (Å²) in [6.45, 7) is 2.80. The fraction of sp³-hybridized carbons (Fsp3) is 0.400. The Balaban J connectivity index is 2.91. The van der Waals surface area contributed by atoms with Crippen molar-refractivity contribution < 1.29 is 8.42 Å². The molecule has 1 aromatic carbocycles. The Hall–Kier alpha value is -0.920. The van der Waals surface area contributed by atoms with Crippen molar-refractivity contribution in [2.24, 2.45) is 5.14 Å². The van der Waals surface area contributed by atoms with Gasteiger partial charge in [0.05, 0.1) is 4.90 Å². The molecule has 1 atom stereocenters. The Morgan fingerprint density at radius 3 is 2.59 bits per heavy atom. The molecule has 96 valence electrons. The third-order valence-electron chi connectivity index (χ3n) is 2.25. The van der Waals surface area contributed by atoms with Crippen molar-refractivity contribution in [1.82, 2.24) is 0 Å². The number of hydrogen-bond donors (Lipinski definition) is 3. The molecule has 0 spiro atoms. The van der Waals surface area contributed by atoms with Crippen molar-refractivity contribution in [2.75, 3.05) is 23.9 Å². The molecule has 0 heterocycles. The number of hydrogen-bond acceptors (Lipinski definition) is 5. The predicted octanol–water partition coefficient (Wildman–Crippen LogP) is 1.08. The normalized spacial score (nSPS) is 13.4. The summed E-state index contributed by atoms with van der Waals surface area (Å²) in [5, 5.41) is 8.61. The second-order valence-corrected chi connectivity index (χ2v) is 6.60. The zero-order valence-electron chi connectivity index (χ0n) is 9.80. The van der Waals surface area contributed by atoms with Crippen LogP contribution in [-0.2, 0) is 10.0 Å². The summed E-state index contributed by atoms with van der Waals surface area (Å²) in [6.07, 6.45) is 2.02. The van der Waals surface area contributed by atoms with Gasteiger partial charge in [-0.25, -0.2) is 13.6 Å². The lowest BCUT2D eigenvalue weighted by molar-refractivity contribution is 0.598. The van der Waals surface area contributed by atoms with Crippen molar-refractivity contribution in [1.29, 1.82) is 0 Å². The first-order valence-corrected chi connectivity index (χ1v) is 7.86. The van der Waals surface area contributed by atoms with Gasteiger partial charge in [-0.15, -0.1) is 0 Å². The Morgan fingerprint density at radius 2 is 2.06 bits per heavy atom. The Morgan fingerprint density at radius 1 is 1.41 bits per heavy atom. The molecule has 7 heteroatoms. The number of nitrogen functional groups attached to an aromatic ring is 1. The number of rotatable bonds is 5. The largest absolute Gasteiger partial charge is 0.399 e. The summed E-state index contributed by atoms with van der Waals surface area (Å²) in [4.78, 5) is 0.0248. The minimum absolute atomic E-state index is 0.0248. The van der Waals surface area contributed by atoms with Gasteiger partial charge in [-0.3, -0.25) is 0 Å². The zero-order valence-corrected chi connectivity index (χ0v) is 11.4. The first kappa shape index (κ1) is 14.1. The number of thioether (sulfide) groups is 1. The van der Waals surface area contributed by atoms with E-state index < -0.39 is 10.0 Å². The standard InChI is InChI=1S/C10H17N3O2S2/c1-7(16-2)6-13-9-3-8(11)4-10(5-9)17(12,14)15/h3-5,7,13H,6,11H2,1-2H3,(H2,12,14,15). The van der Waals surface area contributed by atoms with E-state index >= 15 is 0 Å². The molecule has 0 aliphatic carbocycles. The molecule has 0 aliphatic rings. The van der Waals surface area contributed by atoms with Gasteiger partial charge in [-0.1, -0.05) is 6.92 Å². The van der Waals surface area contributed by atoms with Crippen LogP contribution in [-0.4, -0.2) is 26.5 Å². The second-order valence-electron chi connectivity index (χ2n) is 3.76. The van der Waals surface area contributed by atoms with Crippen LogP contribution < -0.4 is 16.2 Å². The summed E-state index contributed by atoms with van der Waals surface area (Å²) in [5.41, 5.74) is 6.66. The lowest BCUT2D eigenvalue weighted by Crippen LogP contribution is -2.15. The summed E-state index contributed by atoms with van der Waals surface area (Å²) in [6, 6.07) is 4.51. The fourth-order valence-corrected chi connectivity index (χ4v) is 2.07. The number of anilines is 2. The highest BCUT2D eigenvalue weighted by Crippen LogP contribution is 2.20. The molecule has 0 aromatic heterocycles. The van der Waals surface area contributed by atoms with E-state index in [2.05, 4.69) is 12.2 Å². The smallest absolute Gasteiger partial charge is 0.238 e. The van der Waals surface area contributed by atoms with E-state index in [0.717, 1.165) is 6.54 Å². The average molecular weight is 275 g/mol. The molecule has 0 saturated heterocycles. The number of sulfonamides is 1. The van der Waals surface area contributed by atoms with Crippen LogP contribution in [0.25, 0.3) is 0 Å². The Bertz CT molecular complexity index is 488. The van der Waals surface area contributed by atoms with E-state index in [4.69, 9.17) is 10.9 Å². The Kier molecular flexibility index (Phi) is 4.67. The number of primary sulfonamides is 1. The van der Waals surface area contributed by atoms with Gasteiger partial charge >= 0.3 is 0 Å². The third kappa shape index (κ3) is 4.45. The molecule has 0 amide bonds. The zero-order chi connectivity index (χ0) is 13.1. The van der Waals surface area contributed by atoms with Crippen LogP contribution in [0.3, 0.4) is 0 Å². The van der Waals surface area contributed by atoms with Gasteiger partial charge in [0.25, 0.3) is 0 Å². The minimum Gasteiger partial charge on any atom is -0.399 e. The maximum Gasteiger partial charge on any atom is 0.238 e. The number of nitrogens with two attached hydrogens (primary N) is 2. The molecule has 0 fully saturated rings. The number of nitrogens with one attached hydrogen (secondary N) is 1. The Labute approximate surface area is 106 Å². The fourth-order valence-electron chi connectivity index (χ4n) is 1.23. The van der Waals surface area contributed by atoms with Gasteiger partial charge in [0.15, 0.2) is 0 Å². The highest BCUT2D eigenvalue weighted by Gasteiger charge is 2.10. The van der Waals surface area contributed by atoms with Crippen molar-refractivity contribution in [3.05, 3.63) is 18.2 Å². The summed E-state index contributed by atoms with van der Waals surface area (Å²) in [5.74, 6) is 0. The topological polar surface area (TPSA) is 98.2 Å². The summed E-state index contributed by atoms with van der Waals surface area (Å²) >= 11 is 1.72. The lowest BCUT2D eigenvalue weighted by atomic mass is 10.3. The monoisotopic (exact) mass is 275 g/mol. The maximum absolute atomic E-state index is 11.2. The molecule has 5 nitrogen and oxygen atoms in total. The van der Waals surface area contributed by atoms with E-state index in [-0.39, 0.29) is 4.90 Å². The van der Waals surface area contributed by atoms with Crippen LogP contribution in [0.1, 0.15) is 6.92 Å². The van der Waals surface area contributed by atoms with E-state index in [1.165, 1.54) is 12.1 Å². The predicted molar refractivity (Wildman–Crippen MR) is 73.7 cm³/mol. The van der Waals surface area contributed by atoms with Crippen molar-refractivity contribution in [2.45, 2.75) is 17.1 Å². The van der Waals surface area contributed by atoms with Crippen molar-refractivity contribution in [3.63, 3.8) is 0 Å². The van der Waals surface area contributed by atoms with E-state index in [1.807, 2.05) is 6.26 Å². The van der Waals surface area contributed by atoms with Gasteiger partial charge in [0, 0.05) is 23.2 Å². The summed E-state index contributed by atoms with van der Waals surface area (Å²) in [7, 11) is -3.72. The highest BCUT2D eigenvalue weighted by atomic mass is 32.2. The van der Waals surface area contributed by atoms with Crippen LogP contribution in [0, 0.1) is 0 Å². The van der Waals surface area contributed by atoms with Gasteiger partial charge < -0.3 is 11.1 Å². The molecule has 1 rings (SSSR count). The van der Waals surface area contributed by atoms with Crippen LogP contribution in [0.5, 0.6) is 0 Å². The SMILES string of the molecule is CSC(C)CNc1cc(N)cc(S(N)(=O)=O)c1. The van der Waals surface area contributed by atoms with Crippen LogP contribution in [0.4, 0.5) is 11.4 Å². The molecule has 1 aromatic rings. The lowest BCUT2D eigenvalue weighted by Gasteiger charge is -2.12. The van der Waals surface area contributed by atoms with Crippen molar-refractivity contribution in [3.8, 4) is 0 Å². The minimum atomic E-state index is -3.72. The van der Waals surface area contributed by atoms with E-state index in [9.17, 15) is 8.42 Å². The highest BCUT2D eigenvalue weighted by molar-refractivity contribution is 7.99. The molecule has 5 N–H and O–H groups in total. The molecule has 0 bridgehead atoms. The molecular weight excluding hydrogens is 258 g/mol. The van der Waals surface area contributed by atoms with Gasteiger partial charge in [0.2, 0.25) is 10.0 Å². The molecular formula is C10H17N3O2S2. The second kappa shape index (κ2) is 5.61. The van der Waals surface area contributed by atoms with Crippen LogP contribution in [0.15, 0.2) is 23.1 Å². The molecule has 17 heavy (non-hydrogen) atoms. The van der Waals surface area contributed by atoms with Crippen LogP contribution in [0.2, 0.25) is 0 Å². The molecule has 1 unspecified atom stereocenters. The molecule has 0 aliphatic heterocycles. The average Bonchev–Trinajstić information content (AvgIpc) is 2.24. The molecule has 0 radical (unpaired) electrons. The third-order valence-corrected chi connectivity index (χ3v) is 4.12. The maximum atomic E-state index is 11.2. The molecule has 0 saturated carbocycles. The van der Waals surface area contributed by atoms with E-state index in [1.54, 1.807) is 17.8 Å². The van der Waals surface area contributed by atoms with Gasteiger partial charge in [-0.2, -0.15) is 11.8 Å². The van der Waals surface area contributed by atoms with Gasteiger partial charge in [0.1, 0.15) is 0 Å². The summed E-state index contributed by atoms with van der Waals surface area (Å²) < 4.78 is 22.4. The number of benzene rings is 1. The van der Waals surface area contributed by atoms with Gasteiger partial charge in [-0.05, 0) is 24.5 Å². The van der Waals surface area contributed by atoms with E-state index in [0.29, 0.717) is 16.6 Å². The quantitative estimate of drug-likeness (QED) is 0.698. The first-order valence-electron chi connectivity index (χ1n) is 5.03. The van der Waals surface area contributed by atoms with Crippen LogP contribution >= 0.6 is 11.8 Å².